The molecular weight excluding hydrogens is 358 g/mol. The molecule has 0 spiro atoms. The summed E-state index contributed by atoms with van der Waals surface area (Å²) in [7, 11) is -3.73. The van der Waals surface area contributed by atoms with E-state index in [4.69, 9.17) is 14.1 Å². The number of nitrogens with zero attached hydrogens (tertiary/aromatic N) is 3. The Balaban J connectivity index is 1.96. The number of hydrogen-bond donors (Lipinski definition) is 1. The number of amidine groups is 1. The van der Waals surface area contributed by atoms with Crippen molar-refractivity contribution in [3.63, 3.8) is 0 Å². The molecule has 1 fully saturated rings. The van der Waals surface area contributed by atoms with E-state index in [1.54, 1.807) is 0 Å². The molecule has 25 heavy (non-hydrogen) atoms. The number of ether oxygens (including phenoxy) is 1. The first-order valence-electron chi connectivity index (χ1n) is 6.96. The predicted octanol–water partition coefficient (Wildman–Crippen LogP) is 1.07. The quantitative estimate of drug-likeness (QED) is 0.349. The monoisotopic (exact) mass is 373 g/mol. The molecule has 0 aromatic heterocycles. The molecule has 1 unspecified atom stereocenters. The Bertz CT molecular complexity index is 790. The second-order valence-corrected chi connectivity index (χ2v) is 6.83. The maximum Gasteiger partial charge on any atom is 0.415 e. The Kier molecular flexibility index (Phi) is 5.54. The molecule has 12 heteroatoms. The van der Waals surface area contributed by atoms with Gasteiger partial charge in [0.1, 0.15) is 12.7 Å². The Morgan fingerprint density at radius 1 is 1.44 bits per heavy atom. The number of rotatable bonds is 5. The predicted molar refractivity (Wildman–Crippen MR) is 83.5 cm³/mol. The van der Waals surface area contributed by atoms with Crippen LogP contribution in [0.5, 0.6) is 0 Å². The van der Waals surface area contributed by atoms with Crippen LogP contribution in [0.3, 0.4) is 0 Å². The SMILES string of the molecule is CS(=O)(=O)OC1CC(=NO)N(C(=O)OCc2ccc([N+](=O)[O-])cc2)C1. The summed E-state index contributed by atoms with van der Waals surface area (Å²) in [6.45, 7) is -0.310. The first-order valence-corrected chi connectivity index (χ1v) is 8.78. The lowest BCUT2D eigenvalue weighted by Crippen LogP contribution is -2.34. The van der Waals surface area contributed by atoms with Crippen LogP contribution in [-0.2, 0) is 25.6 Å². The number of carbonyl (C=O) groups excluding carboxylic acids is 1. The Morgan fingerprint density at radius 3 is 2.60 bits per heavy atom. The van der Waals surface area contributed by atoms with E-state index in [1.807, 2.05) is 0 Å². The maximum atomic E-state index is 12.1. The Morgan fingerprint density at radius 2 is 2.08 bits per heavy atom. The normalized spacial score (nSPS) is 19.2. The van der Waals surface area contributed by atoms with Gasteiger partial charge in [0, 0.05) is 18.6 Å². The van der Waals surface area contributed by atoms with Crippen molar-refractivity contribution in [3.05, 3.63) is 39.9 Å². The fourth-order valence-corrected chi connectivity index (χ4v) is 2.83. The van der Waals surface area contributed by atoms with Crippen molar-refractivity contribution < 1.29 is 32.3 Å². The number of likely N-dealkylation sites (tertiary alicyclic amines) is 1. The number of carbonyl (C=O) groups is 1. The molecule has 1 aromatic rings. The fraction of sp³-hybridized carbons (Fsp3) is 0.385. The van der Waals surface area contributed by atoms with Gasteiger partial charge in [-0.1, -0.05) is 5.16 Å². The second-order valence-electron chi connectivity index (χ2n) is 5.23. The van der Waals surface area contributed by atoms with Gasteiger partial charge in [0.15, 0.2) is 5.84 Å². The lowest BCUT2D eigenvalue weighted by molar-refractivity contribution is -0.384. The van der Waals surface area contributed by atoms with Crippen molar-refractivity contribution in [2.45, 2.75) is 19.1 Å². The van der Waals surface area contributed by atoms with E-state index in [-0.39, 0.29) is 31.1 Å². The van der Waals surface area contributed by atoms with E-state index in [9.17, 15) is 23.3 Å². The number of amides is 1. The van der Waals surface area contributed by atoms with Crippen LogP contribution >= 0.6 is 0 Å². The van der Waals surface area contributed by atoms with E-state index in [0.717, 1.165) is 11.2 Å². The van der Waals surface area contributed by atoms with Gasteiger partial charge in [-0.15, -0.1) is 0 Å². The molecule has 1 aliphatic heterocycles. The molecule has 0 bridgehead atoms. The molecule has 136 valence electrons. The van der Waals surface area contributed by atoms with Crippen LogP contribution in [0, 0.1) is 10.1 Å². The van der Waals surface area contributed by atoms with Crippen molar-refractivity contribution in [3.8, 4) is 0 Å². The lowest BCUT2D eigenvalue weighted by Gasteiger charge is -2.16. The summed E-state index contributed by atoms with van der Waals surface area (Å²) in [4.78, 5) is 23.1. The molecule has 2 rings (SSSR count). The summed E-state index contributed by atoms with van der Waals surface area (Å²) in [5.74, 6) is -0.0812. The molecule has 1 aliphatic rings. The highest BCUT2D eigenvalue weighted by Crippen LogP contribution is 2.19. The molecule has 1 aromatic carbocycles. The van der Waals surface area contributed by atoms with Crippen LogP contribution in [0.4, 0.5) is 10.5 Å². The Labute approximate surface area is 142 Å². The van der Waals surface area contributed by atoms with Crippen LogP contribution in [0.25, 0.3) is 0 Å². The van der Waals surface area contributed by atoms with E-state index in [1.165, 1.54) is 24.3 Å². The van der Waals surface area contributed by atoms with Gasteiger partial charge in [0.25, 0.3) is 15.8 Å². The van der Waals surface area contributed by atoms with Gasteiger partial charge >= 0.3 is 6.09 Å². The number of hydrogen-bond acceptors (Lipinski definition) is 9. The van der Waals surface area contributed by atoms with E-state index in [0.29, 0.717) is 5.56 Å². The van der Waals surface area contributed by atoms with Gasteiger partial charge in [-0.25, -0.2) is 4.79 Å². The minimum Gasteiger partial charge on any atom is -0.444 e. The van der Waals surface area contributed by atoms with Crippen molar-refractivity contribution in [2.24, 2.45) is 5.16 Å². The van der Waals surface area contributed by atoms with Gasteiger partial charge in [-0.3, -0.25) is 19.2 Å². The van der Waals surface area contributed by atoms with Gasteiger partial charge in [-0.2, -0.15) is 8.42 Å². The summed E-state index contributed by atoms with van der Waals surface area (Å²) in [5.41, 5.74) is 0.426. The van der Waals surface area contributed by atoms with E-state index in [2.05, 4.69) is 5.16 Å². The van der Waals surface area contributed by atoms with E-state index >= 15 is 0 Å². The third kappa shape index (κ3) is 5.12. The lowest BCUT2D eigenvalue weighted by atomic mass is 10.2. The molecule has 1 N–H and O–H groups in total. The molecule has 1 heterocycles. The largest absolute Gasteiger partial charge is 0.444 e. The molecule has 1 amide bonds. The van der Waals surface area contributed by atoms with Gasteiger partial charge in [0.2, 0.25) is 0 Å². The Hall–Kier alpha value is -2.73. The van der Waals surface area contributed by atoms with E-state index < -0.39 is 27.2 Å². The first kappa shape index (κ1) is 18.6. The summed E-state index contributed by atoms with van der Waals surface area (Å²) in [5, 5.41) is 22.5. The summed E-state index contributed by atoms with van der Waals surface area (Å²) in [6, 6.07) is 5.42. The van der Waals surface area contributed by atoms with Crippen LogP contribution in [0.15, 0.2) is 29.4 Å². The number of benzene rings is 1. The zero-order valence-electron chi connectivity index (χ0n) is 13.1. The minimum absolute atomic E-state index is 0.0732. The van der Waals surface area contributed by atoms with Gasteiger partial charge in [0.05, 0.1) is 17.7 Å². The number of nitro benzene ring substituents is 1. The number of non-ortho nitro benzene ring substituents is 1. The minimum atomic E-state index is -3.73. The van der Waals surface area contributed by atoms with Gasteiger partial charge < -0.3 is 9.94 Å². The highest BCUT2D eigenvalue weighted by Gasteiger charge is 2.36. The second kappa shape index (κ2) is 7.44. The smallest absolute Gasteiger partial charge is 0.415 e. The summed E-state index contributed by atoms with van der Waals surface area (Å²) < 4.78 is 32.1. The van der Waals surface area contributed by atoms with Crippen LogP contribution in [-0.4, -0.2) is 54.3 Å². The van der Waals surface area contributed by atoms with Crippen molar-refractivity contribution in [1.82, 2.24) is 4.90 Å². The third-order valence-electron chi connectivity index (χ3n) is 3.26. The molecule has 11 nitrogen and oxygen atoms in total. The van der Waals surface area contributed by atoms with Crippen LogP contribution < -0.4 is 0 Å². The molecule has 1 saturated heterocycles. The highest BCUT2D eigenvalue weighted by molar-refractivity contribution is 7.86. The molecular formula is C13H15N3O8S. The average Bonchev–Trinajstić information content (AvgIpc) is 2.94. The molecule has 0 saturated carbocycles. The standard InChI is InChI=1S/C13H15N3O8S/c1-25(21,22)24-11-6-12(14-18)15(7-11)13(17)23-8-9-2-4-10(5-3-9)16(19)20/h2-5,11,18H,6-8H2,1H3. The van der Waals surface area contributed by atoms with Gasteiger partial charge in [-0.05, 0) is 17.7 Å². The molecule has 0 aliphatic carbocycles. The maximum absolute atomic E-state index is 12.1. The molecule has 0 radical (unpaired) electrons. The third-order valence-corrected chi connectivity index (χ3v) is 3.89. The number of oxime groups is 1. The fourth-order valence-electron chi connectivity index (χ4n) is 2.21. The zero-order valence-corrected chi connectivity index (χ0v) is 13.9. The topological polar surface area (TPSA) is 149 Å². The van der Waals surface area contributed by atoms with Crippen molar-refractivity contribution in [1.29, 1.82) is 0 Å². The zero-order chi connectivity index (χ0) is 18.6. The van der Waals surface area contributed by atoms with Crippen LogP contribution in [0.2, 0.25) is 0 Å². The number of nitro groups is 1. The first-order chi connectivity index (χ1) is 11.7. The van der Waals surface area contributed by atoms with Crippen molar-refractivity contribution in [2.75, 3.05) is 12.8 Å². The average molecular weight is 373 g/mol. The highest BCUT2D eigenvalue weighted by atomic mass is 32.2. The summed E-state index contributed by atoms with van der Waals surface area (Å²) >= 11 is 0. The van der Waals surface area contributed by atoms with Crippen LogP contribution in [0.1, 0.15) is 12.0 Å². The molecule has 1 atom stereocenters. The van der Waals surface area contributed by atoms with Crippen molar-refractivity contribution >= 4 is 27.7 Å². The summed E-state index contributed by atoms with van der Waals surface area (Å²) in [6.07, 6.45) is -0.923.